The van der Waals surface area contributed by atoms with E-state index < -0.39 is 0 Å². The minimum absolute atomic E-state index is 0.0865. The van der Waals surface area contributed by atoms with Crippen LogP contribution >= 0.6 is 0 Å². The Hall–Kier alpha value is -2.60. The van der Waals surface area contributed by atoms with E-state index >= 15 is 0 Å². The Bertz CT molecular complexity index is 825. The Morgan fingerprint density at radius 1 is 1.04 bits per heavy atom. The van der Waals surface area contributed by atoms with E-state index in [9.17, 15) is 9.59 Å². The largest absolute Gasteiger partial charge is 0.450 e. The van der Waals surface area contributed by atoms with Gasteiger partial charge in [0.15, 0.2) is 0 Å². The number of piperazine rings is 1. The summed E-state index contributed by atoms with van der Waals surface area (Å²) in [6, 6.07) is 14.0. The van der Waals surface area contributed by atoms with Crippen molar-refractivity contribution in [3.8, 4) is 0 Å². The molecule has 0 radical (unpaired) electrons. The van der Waals surface area contributed by atoms with Crippen LogP contribution in [0, 0.1) is 0 Å². The van der Waals surface area contributed by atoms with Crippen molar-refractivity contribution < 1.29 is 14.3 Å². The minimum Gasteiger partial charge on any atom is -0.450 e. The number of anilines is 1. The molecule has 6 heteroatoms. The zero-order valence-electron chi connectivity index (χ0n) is 16.9. The van der Waals surface area contributed by atoms with E-state index in [-0.39, 0.29) is 18.0 Å². The average molecular weight is 383 g/mol. The van der Waals surface area contributed by atoms with Gasteiger partial charge in [-0.25, -0.2) is 4.79 Å². The molecule has 0 N–H and O–H groups in total. The molecule has 1 atom stereocenters. The molecule has 0 saturated carbocycles. The highest BCUT2D eigenvalue weighted by Crippen LogP contribution is 2.27. The van der Waals surface area contributed by atoms with Crippen molar-refractivity contribution in [2.75, 3.05) is 44.2 Å². The van der Waals surface area contributed by atoms with Crippen LogP contribution in [0.3, 0.4) is 0 Å². The van der Waals surface area contributed by atoms with Crippen molar-refractivity contribution in [2.24, 2.45) is 0 Å². The maximum absolute atomic E-state index is 13.3. The number of hydrogen-bond acceptors (Lipinski definition) is 4. The number of carbonyl (C=O) groups is 2. The third-order valence-electron chi connectivity index (χ3n) is 5.39. The number of amides is 2. The summed E-state index contributed by atoms with van der Waals surface area (Å²) in [4.78, 5) is 30.9. The number of ether oxygens (including phenoxy) is 1. The first-order chi connectivity index (χ1) is 13.6. The van der Waals surface area contributed by atoms with Crippen molar-refractivity contribution in [1.29, 1.82) is 0 Å². The molecule has 1 aliphatic heterocycles. The van der Waals surface area contributed by atoms with E-state index in [0.29, 0.717) is 39.3 Å². The summed E-state index contributed by atoms with van der Waals surface area (Å²) in [5, 5.41) is 2.21. The lowest BCUT2D eigenvalue weighted by molar-refractivity contribution is -0.123. The van der Waals surface area contributed by atoms with Crippen LogP contribution in [0.1, 0.15) is 20.8 Å². The molecule has 0 aromatic heterocycles. The fourth-order valence-electron chi connectivity index (χ4n) is 3.78. The van der Waals surface area contributed by atoms with Gasteiger partial charge in [-0.15, -0.1) is 0 Å². The van der Waals surface area contributed by atoms with E-state index in [1.807, 2.05) is 49.9 Å². The molecule has 2 aromatic carbocycles. The molecule has 1 aliphatic rings. The van der Waals surface area contributed by atoms with Gasteiger partial charge in [0, 0.05) is 38.1 Å². The summed E-state index contributed by atoms with van der Waals surface area (Å²) in [7, 11) is 0. The number of hydrogen-bond donors (Lipinski definition) is 0. The summed E-state index contributed by atoms with van der Waals surface area (Å²) >= 11 is 0. The molecule has 28 heavy (non-hydrogen) atoms. The highest BCUT2D eigenvalue weighted by Gasteiger charge is 2.30. The van der Waals surface area contributed by atoms with E-state index in [2.05, 4.69) is 23.1 Å². The second kappa shape index (κ2) is 9.06. The van der Waals surface area contributed by atoms with Gasteiger partial charge >= 0.3 is 6.09 Å². The van der Waals surface area contributed by atoms with Crippen molar-refractivity contribution in [1.82, 2.24) is 9.80 Å². The third-order valence-corrected chi connectivity index (χ3v) is 5.39. The zero-order valence-corrected chi connectivity index (χ0v) is 16.9. The van der Waals surface area contributed by atoms with Crippen molar-refractivity contribution in [3.05, 3.63) is 42.5 Å². The summed E-state index contributed by atoms with van der Waals surface area (Å²) < 4.78 is 5.07. The molecule has 0 aliphatic carbocycles. The molecule has 2 amide bonds. The summed E-state index contributed by atoms with van der Waals surface area (Å²) in [5.41, 5.74) is 0.947. The Morgan fingerprint density at radius 2 is 1.71 bits per heavy atom. The Balaban J connectivity index is 1.72. The van der Waals surface area contributed by atoms with E-state index in [1.165, 1.54) is 0 Å². The smallest absolute Gasteiger partial charge is 0.409 e. The standard InChI is InChI=1S/C22H29N3O3/c1-4-25(20-12-8-10-18-9-6-7-11-19(18)20)21(26)17(3)23-13-15-24(16-14-23)22(27)28-5-2/h6-12,17H,4-5,13-16H2,1-3H3/t17-/m0/s1. The van der Waals surface area contributed by atoms with Gasteiger partial charge in [-0.1, -0.05) is 36.4 Å². The lowest BCUT2D eigenvalue weighted by Crippen LogP contribution is -2.55. The molecule has 1 saturated heterocycles. The predicted octanol–water partition coefficient (Wildman–Crippen LogP) is 3.36. The second-order valence-electron chi connectivity index (χ2n) is 6.98. The van der Waals surface area contributed by atoms with E-state index in [0.717, 1.165) is 16.5 Å². The lowest BCUT2D eigenvalue weighted by Gasteiger charge is -2.38. The van der Waals surface area contributed by atoms with Gasteiger partial charge in [0.2, 0.25) is 5.91 Å². The quantitative estimate of drug-likeness (QED) is 0.795. The number of benzene rings is 2. The molecule has 1 fully saturated rings. The van der Waals surface area contributed by atoms with Gasteiger partial charge in [0.25, 0.3) is 0 Å². The van der Waals surface area contributed by atoms with Gasteiger partial charge < -0.3 is 14.5 Å². The maximum Gasteiger partial charge on any atom is 0.409 e. The maximum atomic E-state index is 13.3. The van der Waals surface area contributed by atoms with Crippen LogP contribution in [-0.4, -0.2) is 67.2 Å². The molecular weight excluding hydrogens is 354 g/mol. The number of likely N-dealkylation sites (N-methyl/N-ethyl adjacent to an activating group) is 1. The molecule has 3 rings (SSSR count). The SMILES string of the molecule is CCOC(=O)N1CCN([C@@H](C)C(=O)N(CC)c2cccc3ccccc23)CC1. The van der Waals surface area contributed by atoms with Gasteiger partial charge in [0.05, 0.1) is 18.3 Å². The molecule has 150 valence electrons. The van der Waals surface area contributed by atoms with Gasteiger partial charge in [-0.2, -0.15) is 0 Å². The fourth-order valence-corrected chi connectivity index (χ4v) is 3.78. The van der Waals surface area contributed by atoms with Gasteiger partial charge in [-0.3, -0.25) is 9.69 Å². The first-order valence-corrected chi connectivity index (χ1v) is 10.0. The molecule has 0 bridgehead atoms. The second-order valence-corrected chi connectivity index (χ2v) is 6.98. The van der Waals surface area contributed by atoms with E-state index in [1.54, 1.807) is 4.90 Å². The van der Waals surface area contributed by atoms with Crippen LogP contribution in [0.5, 0.6) is 0 Å². The van der Waals surface area contributed by atoms with Crippen molar-refractivity contribution >= 4 is 28.5 Å². The minimum atomic E-state index is -0.271. The molecule has 0 spiro atoms. The van der Waals surface area contributed by atoms with Crippen LogP contribution in [-0.2, 0) is 9.53 Å². The number of nitrogens with zero attached hydrogens (tertiary/aromatic N) is 3. The average Bonchev–Trinajstić information content (AvgIpc) is 2.74. The van der Waals surface area contributed by atoms with Crippen molar-refractivity contribution in [2.45, 2.75) is 26.8 Å². The Morgan fingerprint density at radius 3 is 2.39 bits per heavy atom. The summed E-state index contributed by atoms with van der Waals surface area (Å²) in [6.45, 7) is 9.25. The summed E-state index contributed by atoms with van der Waals surface area (Å²) in [6.07, 6.45) is -0.271. The van der Waals surface area contributed by atoms with Crippen LogP contribution in [0.15, 0.2) is 42.5 Å². The van der Waals surface area contributed by atoms with Gasteiger partial charge in [0.1, 0.15) is 0 Å². The predicted molar refractivity (Wildman–Crippen MR) is 112 cm³/mol. The van der Waals surface area contributed by atoms with Crippen LogP contribution in [0.4, 0.5) is 10.5 Å². The molecule has 1 heterocycles. The van der Waals surface area contributed by atoms with Crippen molar-refractivity contribution in [3.63, 3.8) is 0 Å². The number of rotatable bonds is 5. The highest BCUT2D eigenvalue weighted by molar-refractivity contribution is 6.05. The fraction of sp³-hybridized carbons (Fsp3) is 0.455. The normalized spacial score (nSPS) is 16.0. The monoisotopic (exact) mass is 383 g/mol. The number of fused-ring (bicyclic) bond motifs is 1. The summed E-state index contributed by atoms with van der Waals surface area (Å²) in [5.74, 6) is 0.0865. The molecular formula is C22H29N3O3. The van der Waals surface area contributed by atoms with Crippen LogP contribution in [0.2, 0.25) is 0 Å². The lowest BCUT2D eigenvalue weighted by atomic mass is 10.1. The Labute approximate surface area is 166 Å². The van der Waals surface area contributed by atoms with Crippen LogP contribution < -0.4 is 4.90 Å². The molecule has 2 aromatic rings. The van der Waals surface area contributed by atoms with E-state index in [4.69, 9.17) is 4.74 Å². The Kier molecular flexibility index (Phi) is 6.52. The first-order valence-electron chi connectivity index (χ1n) is 10.0. The third kappa shape index (κ3) is 4.12. The van der Waals surface area contributed by atoms with Crippen LogP contribution in [0.25, 0.3) is 10.8 Å². The molecule has 6 nitrogen and oxygen atoms in total. The zero-order chi connectivity index (χ0) is 20.1. The molecule has 0 unspecified atom stereocenters. The van der Waals surface area contributed by atoms with Gasteiger partial charge in [-0.05, 0) is 32.2 Å². The first kappa shape index (κ1) is 20.1. The topological polar surface area (TPSA) is 53.1 Å². The highest BCUT2D eigenvalue weighted by atomic mass is 16.6. The number of carbonyl (C=O) groups excluding carboxylic acids is 2.